The highest BCUT2D eigenvalue weighted by Gasteiger charge is 2.35. The molecule has 4 heterocycles. The largest absolute Gasteiger partial charge is 0.618 e. The number of benzene rings is 1. The van der Waals surface area contributed by atoms with E-state index in [-0.39, 0.29) is 34.0 Å². The first kappa shape index (κ1) is 29.0. The van der Waals surface area contributed by atoms with Crippen LogP contribution in [0.15, 0.2) is 55.5 Å². The van der Waals surface area contributed by atoms with Gasteiger partial charge in [-0.05, 0) is 18.2 Å². The second-order valence-electron chi connectivity index (χ2n) is 8.82. The maximum Gasteiger partial charge on any atom is 0.436 e. The number of pyridine rings is 1. The number of hydrogen-bond donors (Lipinski definition) is 0. The lowest BCUT2D eigenvalue weighted by Crippen LogP contribution is -2.35. The number of halogens is 7. The van der Waals surface area contributed by atoms with E-state index in [1.54, 1.807) is 13.2 Å². The Bertz CT molecular complexity index is 1720. The molecule has 18 heteroatoms. The molecule has 0 N–H and O–H groups in total. The Kier molecular flexibility index (Phi) is 7.87. The van der Waals surface area contributed by atoms with E-state index in [1.807, 2.05) is 0 Å². The summed E-state index contributed by atoms with van der Waals surface area (Å²) in [5.74, 6) is -0.608. The molecule has 5 rings (SSSR count). The quantitative estimate of drug-likeness (QED) is 0.136. The van der Waals surface area contributed by atoms with E-state index >= 15 is 4.39 Å². The van der Waals surface area contributed by atoms with Crippen molar-refractivity contribution in [3.8, 4) is 28.3 Å². The van der Waals surface area contributed by atoms with Crippen molar-refractivity contribution in [3.05, 3.63) is 82.9 Å². The van der Waals surface area contributed by atoms with Crippen molar-refractivity contribution < 1.29 is 35.8 Å². The monoisotopic (exact) mass is 613 g/mol. The molecule has 42 heavy (non-hydrogen) atoms. The van der Waals surface area contributed by atoms with Gasteiger partial charge in [0.05, 0.1) is 41.0 Å². The average molecular weight is 614 g/mol. The fourth-order valence-electron chi connectivity index (χ4n) is 4.28. The third-order valence-electron chi connectivity index (χ3n) is 6.22. The summed E-state index contributed by atoms with van der Waals surface area (Å²) in [5.41, 5.74) is -1.42. The van der Waals surface area contributed by atoms with E-state index in [0.717, 1.165) is 12.3 Å². The van der Waals surface area contributed by atoms with Gasteiger partial charge in [-0.1, -0.05) is 16.8 Å². The Balaban J connectivity index is 1.55. The molecular formula is C24H18ClF6N9O2. The van der Waals surface area contributed by atoms with Crippen molar-refractivity contribution in [2.75, 3.05) is 6.61 Å². The summed E-state index contributed by atoms with van der Waals surface area (Å²) in [4.78, 5) is 8.38. The van der Waals surface area contributed by atoms with E-state index in [2.05, 4.69) is 30.1 Å². The first-order valence-corrected chi connectivity index (χ1v) is 12.3. The minimum absolute atomic E-state index is 0.0441. The van der Waals surface area contributed by atoms with Crippen LogP contribution in [0.4, 0.5) is 26.3 Å². The van der Waals surface area contributed by atoms with Crippen molar-refractivity contribution in [2.45, 2.75) is 25.3 Å². The summed E-state index contributed by atoms with van der Waals surface area (Å²) < 4.78 is 88.5. The van der Waals surface area contributed by atoms with Gasteiger partial charge in [0.1, 0.15) is 18.1 Å². The third-order valence-corrected chi connectivity index (χ3v) is 6.51. The van der Waals surface area contributed by atoms with Crippen molar-refractivity contribution in [3.63, 3.8) is 0 Å². The molecule has 0 amide bonds. The van der Waals surface area contributed by atoms with Crippen LogP contribution in [0.5, 0.6) is 0 Å². The summed E-state index contributed by atoms with van der Waals surface area (Å²) in [7, 11) is 1.64. The van der Waals surface area contributed by atoms with Gasteiger partial charge in [-0.25, -0.2) is 23.7 Å². The van der Waals surface area contributed by atoms with Gasteiger partial charge in [-0.15, -0.1) is 5.10 Å². The maximum absolute atomic E-state index is 15.3. The van der Waals surface area contributed by atoms with Crippen LogP contribution in [0.1, 0.15) is 23.9 Å². The molecule has 11 nitrogen and oxygen atoms in total. The van der Waals surface area contributed by atoms with Crippen molar-refractivity contribution in [1.29, 1.82) is 0 Å². The lowest BCUT2D eigenvalue weighted by atomic mass is 10.0. The first-order chi connectivity index (χ1) is 19.9. The summed E-state index contributed by atoms with van der Waals surface area (Å²) in [6.45, 7) is -3.47. The highest BCUT2D eigenvalue weighted by atomic mass is 35.5. The number of hydrogen-bond acceptors (Lipinski definition) is 7. The molecule has 5 aromatic rings. The molecule has 0 aliphatic rings. The Morgan fingerprint density at radius 3 is 2.55 bits per heavy atom. The predicted molar refractivity (Wildman–Crippen MR) is 133 cm³/mol. The number of nitrogens with zero attached hydrogens (tertiary/aromatic N) is 9. The van der Waals surface area contributed by atoms with Gasteiger partial charge < -0.3 is 14.5 Å². The fraction of sp³-hybridized carbons (Fsp3) is 0.250. The van der Waals surface area contributed by atoms with Gasteiger partial charge in [0.2, 0.25) is 5.69 Å². The number of rotatable bonds is 9. The van der Waals surface area contributed by atoms with E-state index in [4.69, 9.17) is 11.6 Å². The molecule has 0 saturated heterocycles. The van der Waals surface area contributed by atoms with Crippen LogP contribution in [0.2, 0.25) is 5.02 Å². The molecule has 0 bridgehead atoms. The van der Waals surface area contributed by atoms with Crippen molar-refractivity contribution >= 4 is 11.6 Å². The molecule has 0 aliphatic carbocycles. The summed E-state index contributed by atoms with van der Waals surface area (Å²) >= 11 is 5.96. The second-order valence-corrected chi connectivity index (χ2v) is 9.23. The molecule has 0 aliphatic heterocycles. The van der Waals surface area contributed by atoms with Crippen LogP contribution in [0.3, 0.4) is 0 Å². The zero-order valence-electron chi connectivity index (χ0n) is 21.3. The lowest BCUT2D eigenvalue weighted by molar-refractivity contribution is -0.615. The first-order valence-electron chi connectivity index (χ1n) is 11.9. The molecule has 0 radical (unpaired) electrons. The molecule has 1 unspecified atom stereocenters. The third kappa shape index (κ3) is 5.78. The minimum atomic E-state index is -4.80. The van der Waals surface area contributed by atoms with Gasteiger partial charge in [-0.3, -0.25) is 0 Å². The van der Waals surface area contributed by atoms with Gasteiger partial charge in [0.15, 0.2) is 23.5 Å². The van der Waals surface area contributed by atoms with E-state index < -0.39 is 36.9 Å². The lowest BCUT2D eigenvalue weighted by Gasteiger charge is -2.19. The smallest absolute Gasteiger partial charge is 0.436 e. The summed E-state index contributed by atoms with van der Waals surface area (Å²) in [6.07, 6.45) is 0.905. The molecular weight excluding hydrogens is 596 g/mol. The molecule has 1 atom stereocenters. The van der Waals surface area contributed by atoms with E-state index in [1.165, 1.54) is 40.1 Å². The maximum atomic E-state index is 15.3. The molecule has 1 aromatic carbocycles. The van der Waals surface area contributed by atoms with Gasteiger partial charge >= 0.3 is 12.8 Å². The van der Waals surface area contributed by atoms with E-state index in [0.29, 0.717) is 27.1 Å². The average Bonchev–Trinajstić information content (AvgIpc) is 3.69. The fourth-order valence-corrected chi connectivity index (χ4v) is 4.44. The number of imidazole rings is 1. The molecule has 0 fully saturated rings. The van der Waals surface area contributed by atoms with Gasteiger partial charge in [-0.2, -0.15) is 31.8 Å². The van der Waals surface area contributed by atoms with Crippen molar-refractivity contribution in [1.82, 2.24) is 39.3 Å². The topological polar surface area (TPSA) is 115 Å². The SMILES string of the molecule is Cn1ncnc1-c1cn(C(CCOC(F)F)c2ccc(-c3c(-n4cc(C(F)(F)F)nn4)ccc(Cl)c3F)c[n+]2[O-])cn1. The Morgan fingerprint density at radius 2 is 1.90 bits per heavy atom. The van der Waals surface area contributed by atoms with Gasteiger partial charge in [0, 0.05) is 25.7 Å². The van der Waals surface area contributed by atoms with Crippen LogP contribution in [0.25, 0.3) is 28.3 Å². The van der Waals surface area contributed by atoms with Crippen LogP contribution >= 0.6 is 11.6 Å². The normalized spacial score (nSPS) is 12.8. The summed E-state index contributed by atoms with van der Waals surface area (Å²) in [6, 6.07) is 4.13. The molecule has 0 spiro atoms. The zero-order chi connectivity index (χ0) is 30.2. The van der Waals surface area contributed by atoms with Crippen LogP contribution in [-0.2, 0) is 18.0 Å². The molecule has 220 valence electrons. The van der Waals surface area contributed by atoms with Crippen LogP contribution < -0.4 is 4.73 Å². The Morgan fingerprint density at radius 1 is 1.12 bits per heavy atom. The number of aromatic nitrogens is 9. The number of aryl methyl sites for hydroxylation is 1. The van der Waals surface area contributed by atoms with Crippen LogP contribution in [0, 0.1) is 11.0 Å². The second kappa shape index (κ2) is 11.4. The predicted octanol–water partition coefficient (Wildman–Crippen LogP) is 4.59. The molecule has 0 saturated carbocycles. The number of alkyl halides is 5. The summed E-state index contributed by atoms with van der Waals surface area (Å²) in [5, 5.41) is 23.5. The van der Waals surface area contributed by atoms with Crippen molar-refractivity contribution in [2.24, 2.45) is 7.05 Å². The molecule has 4 aromatic heterocycles. The Hall–Kier alpha value is -4.51. The standard InChI is InChI=1S/C24H18ClF6N9O2/c1-37-22(32-11-34-37)15-9-38(12-33-15)16(6-7-42-23(27)28)17-4-2-13(8-40(17)41)20-18(5-3-14(25)21(20)26)39-10-19(35-36-39)24(29,30)31/h2-5,8-12,16,23H,6-7H2,1H3. The van der Waals surface area contributed by atoms with Gasteiger partial charge in [0.25, 0.3) is 0 Å². The zero-order valence-corrected chi connectivity index (χ0v) is 22.0. The van der Waals surface area contributed by atoms with Crippen LogP contribution in [-0.4, -0.2) is 52.5 Å². The van der Waals surface area contributed by atoms with E-state index in [9.17, 15) is 27.2 Å². The minimum Gasteiger partial charge on any atom is -0.618 e. The Labute approximate surface area is 237 Å². The number of ether oxygens (including phenoxy) is 1. The highest BCUT2D eigenvalue weighted by molar-refractivity contribution is 6.31. The highest BCUT2D eigenvalue weighted by Crippen LogP contribution is 2.35.